The maximum atomic E-state index is 13.0. The Morgan fingerprint density at radius 2 is 2.06 bits per heavy atom. The summed E-state index contributed by atoms with van der Waals surface area (Å²) in [6.07, 6.45) is 2.44. The largest absolute Gasteiger partial charge is 0.385 e. The van der Waals surface area contributed by atoms with Gasteiger partial charge in [0, 0.05) is 24.7 Å². The van der Waals surface area contributed by atoms with Gasteiger partial charge < -0.3 is 10.6 Å². The van der Waals surface area contributed by atoms with Crippen molar-refractivity contribution in [2.75, 3.05) is 25.0 Å². The fourth-order valence-corrected chi connectivity index (χ4v) is 2.24. The number of benzene rings is 1. The van der Waals surface area contributed by atoms with Crippen molar-refractivity contribution in [2.24, 2.45) is 5.92 Å². The second kappa shape index (κ2) is 5.65. The van der Waals surface area contributed by atoms with Crippen LogP contribution in [0.3, 0.4) is 0 Å². The molecule has 0 amide bonds. The van der Waals surface area contributed by atoms with Crippen LogP contribution in [0.4, 0.5) is 14.5 Å². The van der Waals surface area contributed by atoms with Crippen LogP contribution in [-0.4, -0.2) is 19.6 Å². The maximum absolute atomic E-state index is 13.0. The van der Waals surface area contributed by atoms with Crippen molar-refractivity contribution in [3.8, 4) is 0 Å². The highest BCUT2D eigenvalue weighted by molar-refractivity contribution is 5.45. The van der Waals surface area contributed by atoms with Crippen LogP contribution in [0.2, 0.25) is 0 Å². The average molecular weight is 254 g/mol. The number of rotatable bonds is 4. The molecule has 1 heterocycles. The minimum atomic E-state index is -2.76. The molecule has 0 aromatic heterocycles. The molecule has 0 aliphatic carbocycles. The van der Waals surface area contributed by atoms with E-state index in [4.69, 9.17) is 0 Å². The van der Waals surface area contributed by atoms with Gasteiger partial charge in [-0.2, -0.15) is 0 Å². The number of hydrogen-bond donors (Lipinski definition) is 2. The standard InChI is InChI=1S/C14H20F2N2/c1-14(15,16)12-4-6-13(7-5-12)18-10-11-3-2-8-17-9-11/h4-7,11,17-18H,2-3,8-10H2,1H3. The average Bonchev–Trinajstić information content (AvgIpc) is 2.37. The van der Waals surface area contributed by atoms with Crippen molar-refractivity contribution in [2.45, 2.75) is 25.7 Å². The van der Waals surface area contributed by atoms with Gasteiger partial charge >= 0.3 is 0 Å². The highest BCUT2D eigenvalue weighted by Crippen LogP contribution is 2.27. The van der Waals surface area contributed by atoms with Crippen molar-refractivity contribution in [3.63, 3.8) is 0 Å². The minimum Gasteiger partial charge on any atom is -0.385 e. The Kier molecular flexibility index (Phi) is 4.17. The summed E-state index contributed by atoms with van der Waals surface area (Å²) in [5.41, 5.74) is 0.973. The van der Waals surface area contributed by atoms with E-state index in [9.17, 15) is 8.78 Å². The van der Waals surface area contributed by atoms with E-state index in [2.05, 4.69) is 10.6 Å². The molecule has 2 rings (SSSR count). The zero-order valence-corrected chi connectivity index (χ0v) is 10.7. The molecule has 1 saturated heterocycles. The molecular weight excluding hydrogens is 234 g/mol. The monoisotopic (exact) mass is 254 g/mol. The minimum absolute atomic E-state index is 0.0624. The van der Waals surface area contributed by atoms with Gasteiger partial charge in [0.1, 0.15) is 0 Å². The molecule has 1 unspecified atom stereocenters. The summed E-state index contributed by atoms with van der Waals surface area (Å²) in [6.45, 7) is 3.97. The maximum Gasteiger partial charge on any atom is 0.270 e. The van der Waals surface area contributed by atoms with Gasteiger partial charge in [0.2, 0.25) is 0 Å². The van der Waals surface area contributed by atoms with Crippen LogP contribution in [0, 0.1) is 5.92 Å². The molecule has 1 aromatic rings. The quantitative estimate of drug-likeness (QED) is 0.862. The zero-order valence-electron chi connectivity index (χ0n) is 10.7. The molecule has 2 N–H and O–H groups in total. The van der Waals surface area contributed by atoms with E-state index in [0.717, 1.165) is 32.2 Å². The Balaban J connectivity index is 1.86. The third-order valence-electron chi connectivity index (χ3n) is 3.39. The SMILES string of the molecule is CC(F)(F)c1ccc(NCC2CCCNC2)cc1. The summed E-state index contributed by atoms with van der Waals surface area (Å²) in [5, 5.41) is 6.67. The van der Waals surface area contributed by atoms with Crippen molar-refractivity contribution in [1.82, 2.24) is 5.32 Å². The van der Waals surface area contributed by atoms with Crippen LogP contribution < -0.4 is 10.6 Å². The van der Waals surface area contributed by atoms with Crippen molar-refractivity contribution < 1.29 is 8.78 Å². The molecular formula is C14H20F2N2. The van der Waals surface area contributed by atoms with E-state index >= 15 is 0 Å². The first kappa shape index (κ1) is 13.3. The summed E-state index contributed by atoms with van der Waals surface area (Å²) >= 11 is 0. The molecule has 1 aliphatic rings. The van der Waals surface area contributed by atoms with Gasteiger partial charge in [-0.05, 0) is 44.0 Å². The molecule has 1 fully saturated rings. The van der Waals surface area contributed by atoms with Gasteiger partial charge in [0.05, 0.1) is 0 Å². The third-order valence-corrected chi connectivity index (χ3v) is 3.39. The summed E-state index contributed by atoms with van der Waals surface area (Å²) < 4.78 is 26.1. The predicted octanol–water partition coefficient (Wildman–Crippen LogP) is 3.21. The van der Waals surface area contributed by atoms with Gasteiger partial charge in [-0.1, -0.05) is 12.1 Å². The lowest BCUT2D eigenvalue weighted by atomic mass is 9.99. The first-order valence-corrected chi connectivity index (χ1v) is 6.48. The molecule has 18 heavy (non-hydrogen) atoms. The number of anilines is 1. The number of alkyl halides is 2. The molecule has 1 aromatic carbocycles. The molecule has 1 atom stereocenters. The van der Waals surface area contributed by atoms with Gasteiger partial charge in [0.15, 0.2) is 0 Å². The molecule has 1 aliphatic heterocycles. The molecule has 0 saturated carbocycles. The number of hydrogen-bond acceptors (Lipinski definition) is 2. The predicted molar refractivity (Wildman–Crippen MR) is 70.1 cm³/mol. The number of halogens is 2. The van der Waals surface area contributed by atoms with Crippen molar-refractivity contribution in [3.05, 3.63) is 29.8 Å². The van der Waals surface area contributed by atoms with Gasteiger partial charge in [-0.3, -0.25) is 0 Å². The molecule has 4 heteroatoms. The highest BCUT2D eigenvalue weighted by atomic mass is 19.3. The molecule has 100 valence electrons. The lowest BCUT2D eigenvalue weighted by Gasteiger charge is -2.23. The van der Waals surface area contributed by atoms with Crippen LogP contribution in [-0.2, 0) is 5.92 Å². The Morgan fingerprint density at radius 3 is 2.61 bits per heavy atom. The first-order valence-electron chi connectivity index (χ1n) is 6.48. The Bertz CT molecular complexity index is 364. The van der Waals surface area contributed by atoms with Gasteiger partial charge in [-0.15, -0.1) is 0 Å². The van der Waals surface area contributed by atoms with Crippen LogP contribution in [0.5, 0.6) is 0 Å². The number of nitrogens with one attached hydrogen (secondary N) is 2. The topological polar surface area (TPSA) is 24.1 Å². The first-order chi connectivity index (χ1) is 8.55. The van der Waals surface area contributed by atoms with E-state index in [0.29, 0.717) is 5.92 Å². The summed E-state index contributed by atoms with van der Waals surface area (Å²) in [7, 11) is 0. The summed E-state index contributed by atoms with van der Waals surface area (Å²) in [6, 6.07) is 6.43. The van der Waals surface area contributed by atoms with Crippen molar-refractivity contribution >= 4 is 5.69 Å². The summed E-state index contributed by atoms with van der Waals surface area (Å²) in [5.74, 6) is -2.13. The molecule has 0 bridgehead atoms. The fraction of sp³-hybridized carbons (Fsp3) is 0.571. The van der Waals surface area contributed by atoms with Crippen LogP contribution in [0.15, 0.2) is 24.3 Å². The van der Waals surface area contributed by atoms with E-state index in [1.807, 2.05) is 0 Å². The van der Waals surface area contributed by atoms with Gasteiger partial charge in [0.25, 0.3) is 5.92 Å². The van der Waals surface area contributed by atoms with Crippen LogP contribution >= 0.6 is 0 Å². The third kappa shape index (κ3) is 3.67. The second-order valence-electron chi connectivity index (χ2n) is 5.06. The van der Waals surface area contributed by atoms with Crippen LogP contribution in [0.1, 0.15) is 25.3 Å². The molecule has 0 radical (unpaired) electrons. The van der Waals surface area contributed by atoms with E-state index < -0.39 is 5.92 Å². The van der Waals surface area contributed by atoms with Crippen LogP contribution in [0.25, 0.3) is 0 Å². The normalized spacial score (nSPS) is 20.7. The zero-order chi connectivity index (χ0) is 13.0. The molecule has 0 spiro atoms. The Morgan fingerprint density at radius 1 is 1.33 bits per heavy atom. The van der Waals surface area contributed by atoms with Gasteiger partial charge in [-0.25, -0.2) is 8.78 Å². The van der Waals surface area contributed by atoms with E-state index in [1.165, 1.54) is 25.0 Å². The Labute approximate surface area is 107 Å². The highest BCUT2D eigenvalue weighted by Gasteiger charge is 2.23. The van der Waals surface area contributed by atoms with E-state index in [-0.39, 0.29) is 5.56 Å². The smallest absolute Gasteiger partial charge is 0.270 e. The molecule has 2 nitrogen and oxygen atoms in total. The lowest BCUT2D eigenvalue weighted by molar-refractivity contribution is 0.0175. The van der Waals surface area contributed by atoms with Crippen molar-refractivity contribution in [1.29, 1.82) is 0 Å². The fourth-order valence-electron chi connectivity index (χ4n) is 2.24. The lowest BCUT2D eigenvalue weighted by Crippen LogP contribution is -2.33. The van der Waals surface area contributed by atoms with E-state index in [1.54, 1.807) is 12.1 Å². The second-order valence-corrected chi connectivity index (χ2v) is 5.06. The number of piperidine rings is 1. The summed E-state index contributed by atoms with van der Waals surface area (Å²) in [4.78, 5) is 0. The Hall–Kier alpha value is -1.16.